The maximum Gasteiger partial charge on any atom is 0.430 e. The van der Waals surface area contributed by atoms with Crippen LogP contribution in [0.1, 0.15) is 44.0 Å². The van der Waals surface area contributed by atoms with E-state index in [0.29, 0.717) is 39.1 Å². The number of thioether (sulfide) groups is 1. The molecule has 0 saturated heterocycles. The Balaban J connectivity index is 0.00000102. The third kappa shape index (κ3) is 11.3. The number of carbonyl (C=O) groups is 1. The summed E-state index contributed by atoms with van der Waals surface area (Å²) >= 11 is 14.1. The number of quaternary nitrogens is 1. The van der Waals surface area contributed by atoms with Crippen LogP contribution < -0.4 is 9.84 Å². The van der Waals surface area contributed by atoms with Gasteiger partial charge in [0.1, 0.15) is 23.4 Å². The molecule has 0 N–H and O–H groups in total. The molecule has 0 fully saturated rings. The number of rotatable bonds is 14. The Labute approximate surface area is 326 Å². The first-order valence-electron chi connectivity index (χ1n) is 16.3. The Kier molecular flexibility index (Phi) is 15.0. The Hall–Kier alpha value is -3.41. The fourth-order valence-corrected chi connectivity index (χ4v) is 8.40. The summed E-state index contributed by atoms with van der Waals surface area (Å²) in [6.07, 6.45) is -2.80. The van der Waals surface area contributed by atoms with Gasteiger partial charge in [-0.3, -0.25) is 4.57 Å². The van der Waals surface area contributed by atoms with Crippen molar-refractivity contribution in [1.82, 2.24) is 13.9 Å². The number of carbonyl (C=O) groups excluding carboxylic acids is 1. The molecule has 0 bridgehead atoms. The molecule has 0 aliphatic heterocycles. The number of methoxy groups -OCH3 is 1. The number of hydrogen-bond acceptors (Lipinski definition) is 7. The summed E-state index contributed by atoms with van der Waals surface area (Å²) in [7, 11) is 3.72. The van der Waals surface area contributed by atoms with Crippen LogP contribution in [0.5, 0.6) is 5.75 Å². The van der Waals surface area contributed by atoms with Gasteiger partial charge >= 0.3 is 6.18 Å². The topological polar surface area (TPSA) is 105 Å². The van der Waals surface area contributed by atoms with Crippen LogP contribution in [-0.2, 0) is 26.0 Å². The van der Waals surface area contributed by atoms with E-state index in [-0.39, 0.29) is 33.6 Å². The van der Waals surface area contributed by atoms with Crippen LogP contribution in [0.3, 0.4) is 0 Å². The van der Waals surface area contributed by atoms with Gasteiger partial charge in [0, 0.05) is 47.0 Å². The molecule has 0 aliphatic carbocycles. The molecule has 0 radical (unpaired) electrons. The van der Waals surface area contributed by atoms with Crippen molar-refractivity contribution in [1.29, 1.82) is 0 Å². The number of ether oxygens (including phenoxy) is 1. The lowest BCUT2D eigenvalue weighted by atomic mass is 9.81. The Morgan fingerprint density at radius 1 is 1.02 bits per heavy atom. The van der Waals surface area contributed by atoms with Crippen molar-refractivity contribution in [3.63, 3.8) is 0 Å². The van der Waals surface area contributed by atoms with Crippen molar-refractivity contribution < 1.29 is 49.5 Å². The molecule has 1 heterocycles. The highest BCUT2D eigenvalue weighted by Crippen LogP contribution is 2.40. The van der Waals surface area contributed by atoms with Gasteiger partial charge in [0.2, 0.25) is 10.0 Å². The maximum atomic E-state index is 15.6. The lowest BCUT2D eigenvalue weighted by molar-refractivity contribution is -0.870. The summed E-state index contributed by atoms with van der Waals surface area (Å²) < 4.78 is 97.4. The smallest absolute Gasteiger partial charge is 0.430 e. The van der Waals surface area contributed by atoms with Gasteiger partial charge in [-0.15, -0.1) is 0 Å². The third-order valence-electron chi connectivity index (χ3n) is 8.25. The Morgan fingerprint density at radius 3 is 2.15 bits per heavy atom. The average molecular weight is 840 g/mol. The molecule has 0 atom stereocenters. The number of alkyl halides is 3. The second-order valence-electron chi connectivity index (χ2n) is 13.5. The Bertz CT molecular complexity index is 2020. The van der Waals surface area contributed by atoms with Gasteiger partial charge in [-0.2, -0.15) is 17.5 Å². The largest absolute Gasteiger partial charge is 0.542 e. The highest BCUT2D eigenvalue weighted by Gasteiger charge is 2.31. The molecule has 54 heavy (non-hydrogen) atoms. The summed E-state index contributed by atoms with van der Waals surface area (Å²) in [5.41, 5.74) is 1.89. The fraction of sp³-hybridized carbons (Fsp3) is 0.389. The maximum absolute atomic E-state index is 15.6. The number of hydrogen-bond donors (Lipinski definition) is 0. The van der Waals surface area contributed by atoms with Crippen LogP contribution in [-0.4, -0.2) is 86.8 Å². The molecule has 18 heteroatoms. The molecule has 0 amide bonds. The molecular formula is C36H41Cl2F5N4O5S2. The number of carboxylic acid groups (broad SMARTS) is 1. The molecule has 0 aliphatic rings. The van der Waals surface area contributed by atoms with E-state index in [0.717, 1.165) is 23.9 Å². The molecule has 0 spiro atoms. The number of sulfonamides is 1. The lowest BCUT2D eigenvalue weighted by Crippen LogP contribution is -2.39. The normalized spacial score (nSPS) is 12.4. The second kappa shape index (κ2) is 18.0. The number of halogens is 7. The zero-order valence-electron chi connectivity index (χ0n) is 30.6. The monoisotopic (exact) mass is 838 g/mol. The van der Waals surface area contributed by atoms with E-state index in [1.165, 1.54) is 34.3 Å². The molecule has 4 aromatic rings. The van der Waals surface area contributed by atoms with Crippen molar-refractivity contribution in [2.45, 2.75) is 54.6 Å². The molecule has 296 valence electrons. The molecule has 4 rings (SSSR count). The van der Waals surface area contributed by atoms with Crippen LogP contribution in [0, 0.1) is 11.6 Å². The number of nitrogens with zero attached hydrogens (tertiary/aromatic N) is 4. The molecule has 3 aromatic carbocycles. The highest BCUT2D eigenvalue weighted by atomic mass is 35.5. The van der Waals surface area contributed by atoms with Gasteiger partial charge in [-0.1, -0.05) is 61.8 Å². The number of benzene rings is 3. The first-order valence-corrected chi connectivity index (χ1v) is 19.5. The molecule has 0 unspecified atom stereocenters. The Morgan fingerprint density at radius 2 is 1.63 bits per heavy atom. The minimum Gasteiger partial charge on any atom is -0.542 e. The molecule has 1 aromatic heterocycles. The number of imidazole rings is 1. The van der Waals surface area contributed by atoms with E-state index in [9.17, 15) is 26.0 Å². The standard InChI is InChI=1S/C34H41Cl2F2N4O3S2.C2HF3O2/c1-8-40(16-9-17-42(4,5)6)47(43,44)26-19-29(36)27(30(38)20-26)22-46-33-39-21-32(41(33)25-13-11-24(37)12-14-25)34(2,3)23-10-15-28(35)31(18-23)45-7;3-2(4,5)1(6)7/h10-15,18-21H,8-9,16-17,22H2,1-7H3;(H,6,7)/q+1;/p-1. The minimum atomic E-state index is -5.19. The van der Waals surface area contributed by atoms with Crippen LogP contribution in [0.25, 0.3) is 5.69 Å². The summed E-state index contributed by atoms with van der Waals surface area (Å²) in [5, 5.41) is 9.79. The SMILES string of the molecule is CCN(CCC[N+](C)(C)C)S(=O)(=O)c1cc(F)c(CSc2ncc(C(C)(C)c3ccc(Cl)c(OC)c3)n2-c2ccc(F)cc2)c(Cl)c1.O=C([O-])C(F)(F)F. The van der Waals surface area contributed by atoms with Crippen LogP contribution in [0.4, 0.5) is 22.0 Å². The average Bonchev–Trinajstić information content (AvgIpc) is 3.50. The first-order chi connectivity index (χ1) is 24.9. The fourth-order valence-electron chi connectivity index (χ4n) is 5.24. The first kappa shape index (κ1) is 45.0. The predicted octanol–water partition coefficient (Wildman–Crippen LogP) is 7.49. The number of aliphatic carboxylic acids is 1. The lowest BCUT2D eigenvalue weighted by Gasteiger charge is -2.28. The summed E-state index contributed by atoms with van der Waals surface area (Å²) in [4.78, 5) is 13.3. The van der Waals surface area contributed by atoms with E-state index in [1.54, 1.807) is 38.4 Å². The van der Waals surface area contributed by atoms with E-state index in [1.807, 2.05) is 51.7 Å². The van der Waals surface area contributed by atoms with E-state index < -0.39 is 33.4 Å². The van der Waals surface area contributed by atoms with E-state index in [4.69, 9.17) is 37.8 Å². The van der Waals surface area contributed by atoms with Crippen LogP contribution in [0.15, 0.2) is 70.8 Å². The molecular weight excluding hydrogens is 798 g/mol. The zero-order valence-corrected chi connectivity index (χ0v) is 33.7. The molecule has 0 saturated carbocycles. The van der Waals surface area contributed by atoms with Gasteiger partial charge in [-0.05, 0) is 54.1 Å². The summed E-state index contributed by atoms with van der Waals surface area (Å²) in [6, 6.07) is 13.9. The minimum absolute atomic E-state index is 0.00665. The van der Waals surface area contributed by atoms with Gasteiger partial charge in [-0.25, -0.2) is 22.2 Å². The van der Waals surface area contributed by atoms with E-state index in [2.05, 4.69) is 4.98 Å². The van der Waals surface area contributed by atoms with Gasteiger partial charge in [0.15, 0.2) is 5.16 Å². The van der Waals surface area contributed by atoms with Crippen molar-refractivity contribution in [3.8, 4) is 11.4 Å². The predicted molar refractivity (Wildman–Crippen MR) is 198 cm³/mol. The highest BCUT2D eigenvalue weighted by molar-refractivity contribution is 7.98. The van der Waals surface area contributed by atoms with Gasteiger partial charge < -0.3 is 19.1 Å². The quantitative estimate of drug-likeness (QED) is 0.0737. The second-order valence-corrected chi connectivity index (χ2v) is 17.2. The summed E-state index contributed by atoms with van der Waals surface area (Å²) in [5.74, 6) is -3.52. The third-order valence-corrected chi connectivity index (χ3v) is 11.8. The van der Waals surface area contributed by atoms with Crippen LogP contribution in [0.2, 0.25) is 10.0 Å². The van der Waals surface area contributed by atoms with Gasteiger partial charge in [0.05, 0.1) is 56.6 Å². The van der Waals surface area contributed by atoms with Crippen molar-refractivity contribution in [2.75, 3.05) is 47.9 Å². The number of aromatic nitrogens is 2. The zero-order chi connectivity index (χ0) is 40.8. The van der Waals surface area contributed by atoms with Crippen LogP contribution >= 0.6 is 35.0 Å². The van der Waals surface area contributed by atoms with E-state index >= 15 is 4.39 Å². The number of carboxylic acids is 1. The summed E-state index contributed by atoms with van der Waals surface area (Å²) in [6.45, 7) is 7.17. The van der Waals surface area contributed by atoms with Gasteiger partial charge in [0.25, 0.3) is 0 Å². The molecule has 9 nitrogen and oxygen atoms in total. The van der Waals surface area contributed by atoms with Crippen molar-refractivity contribution >= 4 is 51.0 Å². The van der Waals surface area contributed by atoms with Crippen molar-refractivity contribution in [2.24, 2.45) is 0 Å². The van der Waals surface area contributed by atoms with Crippen molar-refractivity contribution in [3.05, 3.63) is 99.3 Å².